The molecular formula is C9H12BrN3O2. The van der Waals surface area contributed by atoms with E-state index in [1.54, 1.807) is 19.0 Å². The van der Waals surface area contributed by atoms with Crippen LogP contribution in [0.15, 0.2) is 4.60 Å². The van der Waals surface area contributed by atoms with Crippen molar-refractivity contribution in [2.75, 3.05) is 26.1 Å². The molecule has 0 aliphatic carbocycles. The van der Waals surface area contributed by atoms with E-state index in [-0.39, 0.29) is 5.69 Å². The third kappa shape index (κ3) is 2.44. The van der Waals surface area contributed by atoms with Crippen LogP contribution >= 0.6 is 15.9 Å². The molecule has 0 fully saturated rings. The predicted molar refractivity (Wildman–Crippen MR) is 60.1 cm³/mol. The number of anilines is 1. The first-order chi connectivity index (χ1) is 6.97. The fourth-order valence-electron chi connectivity index (χ4n) is 1.03. The minimum atomic E-state index is -0.494. The molecule has 0 bridgehead atoms. The molecule has 0 saturated carbocycles. The Morgan fingerprint density at radius 1 is 1.40 bits per heavy atom. The number of carbonyl (C=O) groups is 1. The molecule has 0 aliphatic heterocycles. The number of aryl methyl sites for hydroxylation is 1. The lowest BCUT2D eigenvalue weighted by Crippen LogP contribution is -2.19. The molecule has 1 aromatic heterocycles. The van der Waals surface area contributed by atoms with Crippen molar-refractivity contribution in [2.24, 2.45) is 0 Å². The van der Waals surface area contributed by atoms with Crippen molar-refractivity contribution in [3.05, 3.63) is 16.0 Å². The van der Waals surface area contributed by atoms with E-state index < -0.39 is 5.97 Å². The van der Waals surface area contributed by atoms with Gasteiger partial charge in [0.2, 0.25) is 0 Å². The second kappa shape index (κ2) is 4.57. The maximum Gasteiger partial charge on any atom is 0.360 e. The number of halogens is 1. The number of hydrogen-bond donors (Lipinski definition) is 0. The second-order valence-electron chi connectivity index (χ2n) is 3.16. The molecule has 0 unspecified atom stereocenters. The number of ether oxygens (including phenoxy) is 1. The van der Waals surface area contributed by atoms with Gasteiger partial charge < -0.3 is 9.64 Å². The molecule has 0 N–H and O–H groups in total. The van der Waals surface area contributed by atoms with E-state index in [2.05, 4.69) is 30.6 Å². The number of rotatable bonds is 2. The van der Waals surface area contributed by atoms with Crippen LogP contribution in [-0.2, 0) is 4.74 Å². The summed E-state index contributed by atoms with van der Waals surface area (Å²) < 4.78 is 5.18. The summed E-state index contributed by atoms with van der Waals surface area (Å²) in [4.78, 5) is 21.5. The molecule has 0 amide bonds. The Hall–Kier alpha value is -1.17. The van der Waals surface area contributed by atoms with Gasteiger partial charge in [-0.3, -0.25) is 0 Å². The molecule has 0 aliphatic rings. The Morgan fingerprint density at radius 2 is 2.00 bits per heavy atom. The summed E-state index contributed by atoms with van der Waals surface area (Å²) >= 11 is 3.23. The minimum absolute atomic E-state index is 0.208. The molecule has 0 saturated heterocycles. The van der Waals surface area contributed by atoms with Gasteiger partial charge >= 0.3 is 5.97 Å². The van der Waals surface area contributed by atoms with E-state index in [0.717, 1.165) is 5.69 Å². The minimum Gasteiger partial charge on any atom is -0.464 e. The van der Waals surface area contributed by atoms with Crippen LogP contribution in [0, 0.1) is 6.92 Å². The second-order valence-corrected chi connectivity index (χ2v) is 3.91. The van der Waals surface area contributed by atoms with Crippen LogP contribution in [0.4, 0.5) is 5.82 Å². The zero-order valence-corrected chi connectivity index (χ0v) is 10.6. The number of esters is 1. The maximum atomic E-state index is 11.4. The number of aromatic nitrogens is 2. The van der Waals surface area contributed by atoms with E-state index >= 15 is 0 Å². The van der Waals surface area contributed by atoms with Gasteiger partial charge in [0.15, 0.2) is 11.5 Å². The molecule has 0 aromatic carbocycles. The smallest absolute Gasteiger partial charge is 0.360 e. The van der Waals surface area contributed by atoms with Crippen LogP contribution in [0.5, 0.6) is 0 Å². The van der Waals surface area contributed by atoms with E-state index in [4.69, 9.17) is 0 Å². The van der Waals surface area contributed by atoms with E-state index in [1.807, 2.05) is 6.92 Å². The molecular weight excluding hydrogens is 262 g/mol. The highest BCUT2D eigenvalue weighted by Crippen LogP contribution is 2.20. The maximum absolute atomic E-state index is 11.4. The molecule has 1 heterocycles. The standard InChI is InChI=1S/C9H12BrN3O2/c1-5-7(10)12-6(9(14)15-4)8(11-5)13(2)3/h1-4H3. The highest BCUT2D eigenvalue weighted by Gasteiger charge is 2.18. The molecule has 0 radical (unpaired) electrons. The largest absolute Gasteiger partial charge is 0.464 e. The number of methoxy groups -OCH3 is 1. The molecule has 5 nitrogen and oxygen atoms in total. The molecule has 1 rings (SSSR count). The molecule has 1 aromatic rings. The normalized spacial score (nSPS) is 9.93. The van der Waals surface area contributed by atoms with Crippen LogP contribution < -0.4 is 4.90 Å². The summed E-state index contributed by atoms with van der Waals surface area (Å²) in [5.74, 6) is 0.00875. The van der Waals surface area contributed by atoms with Crippen LogP contribution in [0.3, 0.4) is 0 Å². The zero-order valence-electron chi connectivity index (χ0n) is 9.04. The fourth-order valence-corrected chi connectivity index (χ4v) is 1.30. The Kier molecular flexibility index (Phi) is 3.62. The first-order valence-corrected chi connectivity index (χ1v) is 5.06. The van der Waals surface area contributed by atoms with Crippen molar-refractivity contribution in [3.63, 3.8) is 0 Å². The van der Waals surface area contributed by atoms with E-state index in [1.165, 1.54) is 7.11 Å². The third-order valence-corrected chi connectivity index (χ3v) is 2.55. The van der Waals surface area contributed by atoms with Gasteiger partial charge in [-0.05, 0) is 22.9 Å². The molecule has 0 atom stereocenters. The summed E-state index contributed by atoms with van der Waals surface area (Å²) in [5.41, 5.74) is 0.936. The van der Waals surface area contributed by atoms with Crippen LogP contribution in [0.25, 0.3) is 0 Å². The van der Waals surface area contributed by atoms with Gasteiger partial charge in [-0.1, -0.05) is 0 Å². The van der Waals surface area contributed by atoms with Crippen molar-refractivity contribution in [1.82, 2.24) is 9.97 Å². The van der Waals surface area contributed by atoms with Crippen molar-refractivity contribution < 1.29 is 9.53 Å². The Balaban J connectivity index is 3.34. The molecule has 82 valence electrons. The quantitative estimate of drug-likeness (QED) is 0.763. The topological polar surface area (TPSA) is 55.3 Å². The Bertz CT molecular complexity index is 393. The van der Waals surface area contributed by atoms with Gasteiger partial charge in [0, 0.05) is 14.1 Å². The molecule has 0 spiro atoms. The zero-order chi connectivity index (χ0) is 11.6. The lowest BCUT2D eigenvalue weighted by atomic mass is 10.3. The fraction of sp³-hybridized carbons (Fsp3) is 0.444. The van der Waals surface area contributed by atoms with Gasteiger partial charge in [-0.2, -0.15) is 0 Å². The molecule has 6 heteroatoms. The lowest BCUT2D eigenvalue weighted by molar-refractivity contribution is 0.0594. The van der Waals surface area contributed by atoms with Gasteiger partial charge in [0.05, 0.1) is 12.8 Å². The van der Waals surface area contributed by atoms with Gasteiger partial charge in [0.1, 0.15) is 4.60 Å². The molecule has 15 heavy (non-hydrogen) atoms. The van der Waals surface area contributed by atoms with Gasteiger partial charge in [-0.25, -0.2) is 14.8 Å². The van der Waals surface area contributed by atoms with E-state index in [9.17, 15) is 4.79 Å². The summed E-state index contributed by atoms with van der Waals surface area (Å²) in [5, 5.41) is 0. The predicted octanol–water partition coefficient (Wildman–Crippen LogP) is 1.40. The third-order valence-electron chi connectivity index (χ3n) is 1.80. The first-order valence-electron chi connectivity index (χ1n) is 4.27. The first kappa shape index (κ1) is 11.9. The van der Waals surface area contributed by atoms with Crippen molar-refractivity contribution >= 4 is 27.7 Å². The number of carbonyl (C=O) groups excluding carboxylic acids is 1. The summed E-state index contributed by atoms with van der Waals surface area (Å²) in [6.07, 6.45) is 0. The van der Waals surface area contributed by atoms with E-state index in [0.29, 0.717) is 10.4 Å². The van der Waals surface area contributed by atoms with Gasteiger partial charge in [-0.15, -0.1) is 0 Å². The summed E-state index contributed by atoms with van der Waals surface area (Å²) in [6.45, 7) is 1.81. The van der Waals surface area contributed by atoms with Crippen molar-refractivity contribution in [1.29, 1.82) is 0 Å². The van der Waals surface area contributed by atoms with Crippen LogP contribution in [0.2, 0.25) is 0 Å². The monoisotopic (exact) mass is 273 g/mol. The highest BCUT2D eigenvalue weighted by atomic mass is 79.9. The van der Waals surface area contributed by atoms with Gasteiger partial charge in [0.25, 0.3) is 0 Å². The Morgan fingerprint density at radius 3 is 2.47 bits per heavy atom. The highest BCUT2D eigenvalue weighted by molar-refractivity contribution is 9.10. The van der Waals surface area contributed by atoms with Crippen molar-refractivity contribution in [3.8, 4) is 0 Å². The van der Waals surface area contributed by atoms with Crippen LogP contribution in [0.1, 0.15) is 16.2 Å². The SMILES string of the molecule is COC(=O)c1nc(Br)c(C)nc1N(C)C. The number of nitrogens with zero attached hydrogens (tertiary/aromatic N) is 3. The number of hydrogen-bond acceptors (Lipinski definition) is 5. The van der Waals surface area contributed by atoms with Crippen molar-refractivity contribution in [2.45, 2.75) is 6.92 Å². The lowest BCUT2D eigenvalue weighted by Gasteiger charge is -2.15. The average molecular weight is 274 g/mol. The van der Waals surface area contributed by atoms with Crippen LogP contribution in [-0.4, -0.2) is 37.1 Å². The summed E-state index contributed by atoms with van der Waals surface area (Å²) in [7, 11) is 4.91. The summed E-state index contributed by atoms with van der Waals surface area (Å²) in [6, 6.07) is 0. The Labute approximate surface area is 96.6 Å². The average Bonchev–Trinajstić information content (AvgIpc) is 2.20.